The second-order valence-electron chi connectivity index (χ2n) is 7.66. The first kappa shape index (κ1) is 20.2. The molecule has 1 amide bonds. The Labute approximate surface area is 175 Å². The number of rotatable bonds is 4. The summed E-state index contributed by atoms with van der Waals surface area (Å²) in [6.45, 7) is 2.56. The predicted molar refractivity (Wildman–Crippen MR) is 113 cm³/mol. The van der Waals surface area contributed by atoms with Crippen LogP contribution < -0.4 is 9.64 Å². The van der Waals surface area contributed by atoms with E-state index in [4.69, 9.17) is 16.3 Å². The van der Waals surface area contributed by atoms with E-state index >= 15 is 0 Å². The molecule has 2 aliphatic rings. The van der Waals surface area contributed by atoms with E-state index in [0.29, 0.717) is 17.3 Å². The quantitative estimate of drug-likeness (QED) is 0.740. The summed E-state index contributed by atoms with van der Waals surface area (Å²) in [6.07, 6.45) is 0. The third-order valence-corrected chi connectivity index (χ3v) is 7.79. The summed E-state index contributed by atoms with van der Waals surface area (Å²) in [5.74, 6) is 0.662. The average molecular weight is 435 g/mol. The van der Waals surface area contributed by atoms with Gasteiger partial charge in [0.1, 0.15) is 5.75 Å². The third-order valence-electron chi connectivity index (χ3n) is 5.68. The highest BCUT2D eigenvalue weighted by atomic mass is 35.5. The van der Waals surface area contributed by atoms with Crippen molar-refractivity contribution in [3.05, 3.63) is 58.6 Å². The Morgan fingerprint density at radius 3 is 2.45 bits per heavy atom. The standard InChI is InChI=1S/C21H23ClN2O4S/c1-14-3-6-16(9-18(14)22)24-20-13-29(26,27)12-19(20)23(11-21(24)25)10-15-4-7-17(28-2)8-5-15/h3-9,19-20H,10-13H2,1-2H3/t19-,20+/m0/s1. The van der Waals surface area contributed by atoms with E-state index in [9.17, 15) is 13.2 Å². The molecule has 0 aliphatic carbocycles. The van der Waals surface area contributed by atoms with Crippen LogP contribution in [0.2, 0.25) is 5.02 Å². The minimum absolute atomic E-state index is 0.0337. The summed E-state index contributed by atoms with van der Waals surface area (Å²) in [5.41, 5.74) is 2.58. The molecule has 0 saturated carbocycles. The number of nitrogens with zero attached hydrogens (tertiary/aromatic N) is 2. The fourth-order valence-electron chi connectivity index (χ4n) is 4.16. The van der Waals surface area contributed by atoms with Gasteiger partial charge >= 0.3 is 0 Å². The Balaban J connectivity index is 1.64. The SMILES string of the molecule is COc1ccc(CN2CC(=O)N(c3ccc(C)c(Cl)c3)[C@@H]3CS(=O)(=O)C[C@@H]32)cc1. The number of ether oxygens (including phenoxy) is 1. The van der Waals surface area contributed by atoms with Crippen LogP contribution in [-0.4, -0.2) is 56.5 Å². The fourth-order valence-corrected chi connectivity index (χ4v) is 6.32. The number of methoxy groups -OCH3 is 1. The second kappa shape index (κ2) is 7.63. The van der Waals surface area contributed by atoms with Gasteiger partial charge in [-0.25, -0.2) is 8.42 Å². The molecule has 0 radical (unpaired) electrons. The molecule has 0 bridgehead atoms. The lowest BCUT2D eigenvalue weighted by molar-refractivity contribution is -0.123. The van der Waals surface area contributed by atoms with Gasteiger partial charge in [-0.1, -0.05) is 29.8 Å². The van der Waals surface area contributed by atoms with Crippen LogP contribution in [-0.2, 0) is 21.2 Å². The first-order valence-corrected chi connectivity index (χ1v) is 11.6. The van der Waals surface area contributed by atoms with Crippen molar-refractivity contribution in [1.29, 1.82) is 0 Å². The van der Waals surface area contributed by atoms with E-state index in [0.717, 1.165) is 16.9 Å². The van der Waals surface area contributed by atoms with Gasteiger partial charge in [-0.3, -0.25) is 9.69 Å². The first-order chi connectivity index (χ1) is 13.8. The Bertz CT molecular complexity index is 1040. The van der Waals surface area contributed by atoms with Gasteiger partial charge in [-0.2, -0.15) is 0 Å². The van der Waals surface area contributed by atoms with Gasteiger partial charge in [0.15, 0.2) is 9.84 Å². The summed E-state index contributed by atoms with van der Waals surface area (Å²) in [4.78, 5) is 16.7. The number of carbonyl (C=O) groups is 1. The molecule has 6 nitrogen and oxygen atoms in total. The second-order valence-corrected chi connectivity index (χ2v) is 10.2. The van der Waals surface area contributed by atoms with Crippen LogP contribution in [0.5, 0.6) is 5.75 Å². The number of sulfone groups is 1. The van der Waals surface area contributed by atoms with Crippen molar-refractivity contribution in [2.75, 3.05) is 30.1 Å². The number of hydrogen-bond donors (Lipinski definition) is 0. The maximum Gasteiger partial charge on any atom is 0.241 e. The summed E-state index contributed by atoms with van der Waals surface area (Å²) >= 11 is 6.26. The van der Waals surface area contributed by atoms with Gasteiger partial charge in [-0.05, 0) is 42.3 Å². The number of benzene rings is 2. The molecule has 0 aromatic heterocycles. The lowest BCUT2D eigenvalue weighted by Crippen LogP contribution is -2.61. The normalized spacial score (nSPS) is 23.8. The van der Waals surface area contributed by atoms with E-state index in [1.807, 2.05) is 48.2 Å². The van der Waals surface area contributed by atoms with Gasteiger partial charge in [0.2, 0.25) is 5.91 Å². The molecule has 2 aromatic rings. The summed E-state index contributed by atoms with van der Waals surface area (Å²) in [7, 11) is -1.63. The van der Waals surface area contributed by atoms with Gasteiger partial charge in [0.25, 0.3) is 0 Å². The predicted octanol–water partition coefficient (Wildman–Crippen LogP) is 2.67. The molecule has 4 rings (SSSR count). The Morgan fingerprint density at radius 1 is 1.10 bits per heavy atom. The van der Waals surface area contributed by atoms with E-state index in [2.05, 4.69) is 0 Å². The van der Waals surface area contributed by atoms with Crippen LogP contribution in [0.25, 0.3) is 0 Å². The van der Waals surface area contributed by atoms with Crippen molar-refractivity contribution in [1.82, 2.24) is 4.90 Å². The average Bonchev–Trinajstić information content (AvgIpc) is 3.00. The van der Waals surface area contributed by atoms with Crippen molar-refractivity contribution in [2.45, 2.75) is 25.6 Å². The molecule has 2 heterocycles. The van der Waals surface area contributed by atoms with Crippen LogP contribution in [0.1, 0.15) is 11.1 Å². The molecule has 2 aliphatic heterocycles. The number of amides is 1. The number of anilines is 1. The van der Waals surface area contributed by atoms with Crippen LogP contribution in [0.3, 0.4) is 0 Å². The van der Waals surface area contributed by atoms with E-state index < -0.39 is 15.9 Å². The van der Waals surface area contributed by atoms with E-state index in [1.165, 1.54) is 0 Å². The smallest absolute Gasteiger partial charge is 0.241 e. The highest BCUT2D eigenvalue weighted by molar-refractivity contribution is 7.91. The molecule has 29 heavy (non-hydrogen) atoms. The zero-order chi connectivity index (χ0) is 20.8. The molecule has 8 heteroatoms. The van der Waals surface area contributed by atoms with Crippen molar-refractivity contribution in [3.8, 4) is 5.75 Å². The van der Waals surface area contributed by atoms with Crippen LogP contribution in [0, 0.1) is 6.92 Å². The Hall–Kier alpha value is -2.09. The van der Waals surface area contributed by atoms with Crippen molar-refractivity contribution >= 4 is 33.0 Å². The maximum absolute atomic E-state index is 13.1. The molecular weight excluding hydrogens is 412 g/mol. The van der Waals surface area contributed by atoms with Crippen molar-refractivity contribution in [3.63, 3.8) is 0 Å². The lowest BCUT2D eigenvalue weighted by atomic mass is 10.0. The Morgan fingerprint density at radius 2 is 1.79 bits per heavy atom. The maximum atomic E-state index is 13.1. The van der Waals surface area contributed by atoms with Crippen LogP contribution >= 0.6 is 11.6 Å². The molecule has 0 spiro atoms. The number of halogens is 1. The van der Waals surface area contributed by atoms with Gasteiger partial charge in [-0.15, -0.1) is 0 Å². The Kier molecular flexibility index (Phi) is 5.31. The molecule has 2 atom stereocenters. The fraction of sp³-hybridized carbons (Fsp3) is 0.381. The molecular formula is C21H23ClN2O4S. The number of carbonyl (C=O) groups excluding carboxylic acids is 1. The molecule has 2 fully saturated rings. The lowest BCUT2D eigenvalue weighted by Gasteiger charge is -2.43. The highest BCUT2D eigenvalue weighted by Crippen LogP contribution is 2.34. The topological polar surface area (TPSA) is 66.9 Å². The summed E-state index contributed by atoms with van der Waals surface area (Å²) in [6, 6.07) is 12.4. The largest absolute Gasteiger partial charge is 0.497 e. The zero-order valence-corrected chi connectivity index (χ0v) is 17.9. The first-order valence-electron chi connectivity index (χ1n) is 9.43. The van der Waals surface area contributed by atoms with E-state index in [1.54, 1.807) is 18.1 Å². The van der Waals surface area contributed by atoms with E-state index in [-0.39, 0.29) is 30.0 Å². The van der Waals surface area contributed by atoms with Crippen molar-refractivity contribution < 1.29 is 17.9 Å². The van der Waals surface area contributed by atoms with Crippen LogP contribution in [0.15, 0.2) is 42.5 Å². The minimum atomic E-state index is -3.24. The number of aryl methyl sites for hydroxylation is 1. The van der Waals surface area contributed by atoms with Gasteiger partial charge in [0, 0.05) is 23.3 Å². The van der Waals surface area contributed by atoms with Crippen LogP contribution in [0.4, 0.5) is 5.69 Å². The highest BCUT2D eigenvalue weighted by Gasteiger charge is 2.49. The number of hydrogen-bond acceptors (Lipinski definition) is 5. The zero-order valence-electron chi connectivity index (χ0n) is 16.3. The monoisotopic (exact) mass is 434 g/mol. The molecule has 2 aromatic carbocycles. The molecule has 154 valence electrons. The molecule has 0 N–H and O–H groups in total. The third kappa shape index (κ3) is 3.99. The minimum Gasteiger partial charge on any atom is -0.497 e. The number of fused-ring (bicyclic) bond motifs is 1. The molecule has 2 saturated heterocycles. The van der Waals surface area contributed by atoms with Gasteiger partial charge < -0.3 is 9.64 Å². The van der Waals surface area contributed by atoms with Crippen molar-refractivity contribution in [2.24, 2.45) is 0 Å². The van der Waals surface area contributed by atoms with Gasteiger partial charge in [0.05, 0.1) is 31.2 Å². The number of piperazine rings is 1. The molecule has 0 unspecified atom stereocenters. The summed E-state index contributed by atoms with van der Waals surface area (Å²) in [5, 5.41) is 0.563. The summed E-state index contributed by atoms with van der Waals surface area (Å²) < 4.78 is 30.1.